The molecule has 0 aliphatic heterocycles. The molecule has 0 radical (unpaired) electrons. The van der Waals surface area contributed by atoms with Gasteiger partial charge in [-0.2, -0.15) is 0 Å². The first-order chi connectivity index (χ1) is 14.6. The Kier molecular flexibility index (Phi) is 8.14. The van der Waals surface area contributed by atoms with Crippen LogP contribution in [0.5, 0.6) is 0 Å². The number of carboxylic acid groups (broad SMARTS) is 1. The fraction of sp³-hybridized carbons (Fsp3) is 0.464. The van der Waals surface area contributed by atoms with Crippen molar-refractivity contribution in [2.24, 2.45) is 5.92 Å². The molecule has 0 heterocycles. The monoisotopic (exact) mass is 402 g/mol. The average molecular weight is 403 g/mol. The number of carbonyl (C=O) groups is 1. The van der Waals surface area contributed by atoms with E-state index in [-0.39, 0.29) is 0 Å². The van der Waals surface area contributed by atoms with Crippen LogP contribution in [0.1, 0.15) is 92.6 Å². The van der Waals surface area contributed by atoms with E-state index in [0.717, 1.165) is 22.6 Å². The van der Waals surface area contributed by atoms with E-state index in [1.165, 1.54) is 56.9 Å². The highest BCUT2D eigenvalue weighted by atomic mass is 16.4. The van der Waals surface area contributed by atoms with E-state index in [9.17, 15) is 9.90 Å². The van der Waals surface area contributed by atoms with Crippen molar-refractivity contribution in [3.05, 3.63) is 59.2 Å². The van der Waals surface area contributed by atoms with E-state index in [2.05, 4.69) is 43.0 Å². The van der Waals surface area contributed by atoms with Gasteiger partial charge in [-0.1, -0.05) is 68.9 Å². The molecule has 0 saturated heterocycles. The van der Waals surface area contributed by atoms with E-state index < -0.39 is 5.97 Å². The van der Waals surface area contributed by atoms with Crippen LogP contribution >= 0.6 is 0 Å². The molecule has 1 aliphatic rings. The van der Waals surface area contributed by atoms with E-state index in [1.54, 1.807) is 12.1 Å². The zero-order valence-electron chi connectivity index (χ0n) is 18.4. The van der Waals surface area contributed by atoms with E-state index in [0.29, 0.717) is 17.9 Å². The first kappa shape index (κ1) is 22.2. The molecule has 2 heteroatoms. The van der Waals surface area contributed by atoms with Crippen LogP contribution in [0.2, 0.25) is 0 Å². The topological polar surface area (TPSA) is 37.3 Å². The maximum atomic E-state index is 11.4. The quantitative estimate of drug-likeness (QED) is 0.367. The Bertz CT molecular complexity index is 890. The molecular formula is C28H34O2. The number of benzene rings is 2. The summed E-state index contributed by atoms with van der Waals surface area (Å²) in [6, 6.07) is 14.3. The standard InChI is InChI=1S/C28H34O2/c1-3-5-7-8-21-10-12-22(13-11-21)23-14-16-24(17-15-23)27-19-18-26(28(29)30)20-25(27)9-6-4-2/h14-22H,3,5,7-13H2,1-2H3,(H,29,30). The summed E-state index contributed by atoms with van der Waals surface area (Å²) in [7, 11) is 0. The molecule has 0 unspecified atom stereocenters. The summed E-state index contributed by atoms with van der Waals surface area (Å²) in [4.78, 5) is 11.4. The Morgan fingerprint density at radius 2 is 1.77 bits per heavy atom. The lowest BCUT2D eigenvalue weighted by atomic mass is 9.77. The molecule has 0 aromatic heterocycles. The smallest absolute Gasteiger partial charge is 0.335 e. The summed E-state index contributed by atoms with van der Waals surface area (Å²) in [5, 5.41) is 9.32. The number of hydrogen-bond acceptors (Lipinski definition) is 1. The predicted molar refractivity (Wildman–Crippen MR) is 125 cm³/mol. The van der Waals surface area contributed by atoms with Crippen LogP contribution < -0.4 is 0 Å². The van der Waals surface area contributed by atoms with Gasteiger partial charge < -0.3 is 5.11 Å². The van der Waals surface area contributed by atoms with E-state index in [1.807, 2.05) is 13.0 Å². The highest BCUT2D eigenvalue weighted by Crippen LogP contribution is 2.38. The van der Waals surface area contributed by atoms with Crippen molar-refractivity contribution in [2.45, 2.75) is 77.6 Å². The van der Waals surface area contributed by atoms with Crippen molar-refractivity contribution in [3.8, 4) is 23.0 Å². The Hall–Kier alpha value is -2.53. The van der Waals surface area contributed by atoms with Crippen LogP contribution in [-0.4, -0.2) is 11.1 Å². The molecule has 2 aromatic rings. The zero-order valence-corrected chi connectivity index (χ0v) is 18.4. The Labute approximate surface area is 181 Å². The second-order valence-electron chi connectivity index (χ2n) is 8.62. The maximum absolute atomic E-state index is 11.4. The Morgan fingerprint density at radius 1 is 1.03 bits per heavy atom. The fourth-order valence-corrected chi connectivity index (χ4v) is 4.74. The molecule has 2 aromatic carbocycles. The largest absolute Gasteiger partial charge is 0.478 e. The van der Waals surface area contributed by atoms with E-state index in [4.69, 9.17) is 0 Å². The zero-order chi connectivity index (χ0) is 21.3. The lowest BCUT2D eigenvalue weighted by Crippen LogP contribution is -2.13. The Balaban J connectivity index is 1.70. The van der Waals surface area contributed by atoms with Crippen LogP contribution in [0, 0.1) is 17.8 Å². The van der Waals surface area contributed by atoms with Gasteiger partial charge in [0.05, 0.1) is 5.56 Å². The molecule has 0 amide bonds. The van der Waals surface area contributed by atoms with Crippen LogP contribution in [0.3, 0.4) is 0 Å². The normalized spacial score (nSPS) is 18.5. The summed E-state index contributed by atoms with van der Waals surface area (Å²) in [5.41, 5.74) is 4.96. The number of hydrogen-bond donors (Lipinski definition) is 1. The minimum absolute atomic E-state index is 0.318. The third-order valence-electron chi connectivity index (χ3n) is 6.56. The molecular weight excluding hydrogens is 368 g/mol. The van der Waals surface area contributed by atoms with Crippen molar-refractivity contribution in [1.29, 1.82) is 0 Å². The molecule has 2 nitrogen and oxygen atoms in total. The minimum Gasteiger partial charge on any atom is -0.478 e. The van der Waals surface area contributed by atoms with E-state index >= 15 is 0 Å². The molecule has 1 fully saturated rings. The van der Waals surface area contributed by atoms with Crippen LogP contribution in [0.15, 0.2) is 42.5 Å². The van der Waals surface area contributed by atoms with Gasteiger partial charge in [0.2, 0.25) is 0 Å². The second kappa shape index (κ2) is 11.0. The third-order valence-corrected chi connectivity index (χ3v) is 6.56. The first-order valence-corrected chi connectivity index (χ1v) is 11.5. The third kappa shape index (κ3) is 5.76. The number of carboxylic acids is 1. The van der Waals surface area contributed by atoms with Crippen LogP contribution in [0.4, 0.5) is 0 Å². The highest BCUT2D eigenvalue weighted by molar-refractivity contribution is 5.89. The van der Waals surface area contributed by atoms with Crippen molar-refractivity contribution in [3.63, 3.8) is 0 Å². The van der Waals surface area contributed by atoms with Gasteiger partial charge in [-0.15, -0.1) is 5.92 Å². The fourth-order valence-electron chi connectivity index (χ4n) is 4.74. The second-order valence-corrected chi connectivity index (χ2v) is 8.62. The van der Waals surface area contributed by atoms with Gasteiger partial charge in [-0.05, 0) is 78.8 Å². The van der Waals surface area contributed by atoms with Crippen molar-refractivity contribution in [2.75, 3.05) is 0 Å². The molecule has 0 bridgehead atoms. The van der Waals surface area contributed by atoms with Gasteiger partial charge in [0.1, 0.15) is 0 Å². The number of aromatic carboxylic acids is 1. The molecule has 0 atom stereocenters. The lowest BCUT2D eigenvalue weighted by molar-refractivity contribution is 0.0697. The minimum atomic E-state index is -0.895. The number of unbranched alkanes of at least 4 members (excludes halogenated alkanes) is 2. The molecule has 1 aliphatic carbocycles. The first-order valence-electron chi connectivity index (χ1n) is 11.5. The average Bonchev–Trinajstić information content (AvgIpc) is 2.78. The molecule has 30 heavy (non-hydrogen) atoms. The summed E-state index contributed by atoms with van der Waals surface area (Å²) in [6.07, 6.45) is 11.4. The SMILES string of the molecule is CC#CCc1cc(C(=O)O)ccc1-c1ccc(C2CCC(CCCCC)CC2)cc1. The van der Waals surface area contributed by atoms with Crippen molar-refractivity contribution >= 4 is 5.97 Å². The summed E-state index contributed by atoms with van der Waals surface area (Å²) in [6.45, 7) is 4.09. The van der Waals surface area contributed by atoms with Gasteiger partial charge in [0, 0.05) is 6.42 Å². The van der Waals surface area contributed by atoms with Gasteiger partial charge in [-0.3, -0.25) is 0 Å². The van der Waals surface area contributed by atoms with Crippen molar-refractivity contribution < 1.29 is 9.90 Å². The molecule has 1 N–H and O–H groups in total. The van der Waals surface area contributed by atoms with Crippen molar-refractivity contribution in [1.82, 2.24) is 0 Å². The molecule has 3 rings (SSSR count). The Morgan fingerprint density at radius 3 is 2.40 bits per heavy atom. The van der Waals surface area contributed by atoms with Gasteiger partial charge in [-0.25, -0.2) is 4.79 Å². The highest BCUT2D eigenvalue weighted by Gasteiger charge is 2.22. The summed E-state index contributed by atoms with van der Waals surface area (Å²) in [5.74, 6) is 6.72. The number of rotatable bonds is 8. The summed E-state index contributed by atoms with van der Waals surface area (Å²) < 4.78 is 0. The van der Waals surface area contributed by atoms with Gasteiger partial charge in [0.15, 0.2) is 0 Å². The maximum Gasteiger partial charge on any atom is 0.335 e. The van der Waals surface area contributed by atoms with Gasteiger partial charge >= 0.3 is 5.97 Å². The van der Waals surface area contributed by atoms with Gasteiger partial charge in [0.25, 0.3) is 0 Å². The molecule has 1 saturated carbocycles. The molecule has 0 spiro atoms. The predicted octanol–water partition coefficient (Wildman–Crippen LogP) is 7.47. The summed E-state index contributed by atoms with van der Waals surface area (Å²) >= 11 is 0. The van der Waals surface area contributed by atoms with Crippen LogP contribution in [-0.2, 0) is 6.42 Å². The lowest BCUT2D eigenvalue weighted by Gasteiger charge is -2.29. The molecule has 158 valence electrons. The van der Waals surface area contributed by atoms with Crippen LogP contribution in [0.25, 0.3) is 11.1 Å².